The van der Waals surface area contributed by atoms with Crippen LogP contribution in [0.2, 0.25) is 0 Å². The van der Waals surface area contributed by atoms with E-state index in [4.69, 9.17) is 0 Å². The monoisotopic (exact) mass is 323 g/mol. The molecule has 0 heterocycles. The Labute approximate surface area is 138 Å². The molecule has 24 heavy (non-hydrogen) atoms. The van der Waals surface area contributed by atoms with Crippen LogP contribution in [0.5, 0.6) is 0 Å². The third kappa shape index (κ3) is 5.10. The van der Waals surface area contributed by atoms with Crippen molar-refractivity contribution in [2.45, 2.75) is 6.54 Å². The van der Waals surface area contributed by atoms with Gasteiger partial charge in [-0.1, -0.05) is 42.5 Å². The van der Waals surface area contributed by atoms with Crippen LogP contribution in [0.1, 0.15) is 15.9 Å². The van der Waals surface area contributed by atoms with Crippen LogP contribution in [-0.4, -0.2) is 17.8 Å². The topological polar surface area (TPSA) is 98.3 Å². The molecule has 0 saturated heterocycles. The van der Waals surface area contributed by atoms with Crippen molar-refractivity contribution >= 4 is 23.5 Å². The molecule has 0 unspecified atom stereocenters. The summed E-state index contributed by atoms with van der Waals surface area (Å²) in [6.07, 6.45) is 1.45. The molecule has 0 saturated carbocycles. The van der Waals surface area contributed by atoms with Crippen LogP contribution < -0.4 is 15.7 Å². The Bertz CT molecular complexity index is 770. The largest absolute Gasteiger partial charge is 0.545 e. The number of anilines is 1. The zero-order valence-corrected chi connectivity index (χ0v) is 12.7. The van der Waals surface area contributed by atoms with E-state index in [-0.39, 0.29) is 17.2 Å². The summed E-state index contributed by atoms with van der Waals surface area (Å²) in [7, 11) is 0. The van der Waals surface area contributed by atoms with Gasteiger partial charge in [-0.05, 0) is 23.8 Å². The van der Waals surface area contributed by atoms with E-state index in [1.54, 1.807) is 24.3 Å². The van der Waals surface area contributed by atoms with Gasteiger partial charge in [-0.15, -0.1) is 0 Å². The Hall–Kier alpha value is -3.41. The lowest BCUT2D eigenvalue weighted by molar-refractivity contribution is -0.297. The predicted octanol–water partition coefficient (Wildman–Crippen LogP) is 0.861. The second-order valence-corrected chi connectivity index (χ2v) is 4.86. The van der Waals surface area contributed by atoms with Crippen molar-refractivity contribution in [2.24, 2.45) is 0 Å². The lowest BCUT2D eigenvalue weighted by Gasteiger charge is -2.10. The molecule has 0 aliphatic carbocycles. The van der Waals surface area contributed by atoms with Crippen molar-refractivity contribution in [3.05, 3.63) is 77.9 Å². The normalized spacial score (nSPS) is 10.3. The second-order valence-electron chi connectivity index (χ2n) is 4.86. The first-order chi connectivity index (χ1) is 11.6. The van der Waals surface area contributed by atoms with Crippen LogP contribution in [0.25, 0.3) is 0 Å². The van der Waals surface area contributed by atoms with Crippen molar-refractivity contribution in [1.29, 1.82) is 0 Å². The van der Waals surface area contributed by atoms with Crippen LogP contribution in [-0.2, 0) is 16.1 Å². The highest BCUT2D eigenvalue weighted by molar-refractivity contribution is 6.07. The van der Waals surface area contributed by atoms with Crippen molar-refractivity contribution < 1.29 is 19.5 Å². The van der Waals surface area contributed by atoms with Crippen LogP contribution in [0.4, 0.5) is 5.69 Å². The van der Waals surface area contributed by atoms with Gasteiger partial charge in [-0.2, -0.15) is 0 Å². The van der Waals surface area contributed by atoms with Gasteiger partial charge in [0, 0.05) is 12.6 Å². The lowest BCUT2D eigenvalue weighted by Crippen LogP contribution is -2.24. The molecule has 2 N–H and O–H groups in total. The molecule has 2 aromatic rings. The van der Waals surface area contributed by atoms with E-state index in [1.165, 1.54) is 0 Å². The predicted molar refractivity (Wildman–Crippen MR) is 86.8 cm³/mol. The molecule has 0 spiro atoms. The molecule has 0 aliphatic rings. The molecule has 2 rings (SSSR count). The number of carboxylic acids is 1. The number of amides is 2. The first kappa shape index (κ1) is 17.0. The number of benzene rings is 2. The summed E-state index contributed by atoms with van der Waals surface area (Å²) >= 11 is 0. The van der Waals surface area contributed by atoms with Crippen molar-refractivity contribution in [3.8, 4) is 0 Å². The fourth-order valence-corrected chi connectivity index (χ4v) is 1.98. The Balaban J connectivity index is 2.06. The number of carbonyl (C=O) groups is 3. The number of carboxylic acid groups (broad SMARTS) is 1. The van der Waals surface area contributed by atoms with E-state index >= 15 is 0 Å². The summed E-state index contributed by atoms with van der Waals surface area (Å²) in [5.41, 5.74) is 1.52. The zero-order chi connectivity index (χ0) is 17.4. The standard InChI is InChI=1S/C18H16N2O4/c21-16(10-11-17(22)23)20-15-9-5-4-8-14(15)18(24)19-12-13-6-2-1-3-7-13/h1-11H,12H2,(H,19,24)(H,20,21)(H,22,23)/p-1/b11-10-. The molecule has 0 fully saturated rings. The van der Waals surface area contributed by atoms with Gasteiger partial charge in [0.1, 0.15) is 0 Å². The molecule has 122 valence electrons. The smallest absolute Gasteiger partial charge is 0.253 e. The van der Waals surface area contributed by atoms with Crippen LogP contribution in [0, 0.1) is 0 Å². The Morgan fingerprint density at radius 2 is 1.58 bits per heavy atom. The minimum absolute atomic E-state index is 0.281. The van der Waals surface area contributed by atoms with Crippen molar-refractivity contribution in [1.82, 2.24) is 5.32 Å². The SMILES string of the molecule is O=C([O-])/C=C\C(=O)Nc1ccccc1C(=O)NCc1ccccc1. The highest BCUT2D eigenvalue weighted by Crippen LogP contribution is 2.15. The number of para-hydroxylation sites is 1. The summed E-state index contributed by atoms with van der Waals surface area (Å²) in [5.74, 6) is -2.49. The molecule has 2 aromatic carbocycles. The highest BCUT2D eigenvalue weighted by Gasteiger charge is 2.11. The van der Waals surface area contributed by atoms with E-state index in [1.807, 2.05) is 30.3 Å². The van der Waals surface area contributed by atoms with Gasteiger partial charge >= 0.3 is 0 Å². The molecule has 0 aromatic heterocycles. The van der Waals surface area contributed by atoms with Gasteiger partial charge in [0.15, 0.2) is 0 Å². The number of aliphatic carboxylic acids is 1. The Kier molecular flexibility index (Phi) is 5.85. The van der Waals surface area contributed by atoms with Gasteiger partial charge in [0.25, 0.3) is 5.91 Å². The average molecular weight is 323 g/mol. The summed E-state index contributed by atoms with van der Waals surface area (Å²) < 4.78 is 0. The zero-order valence-electron chi connectivity index (χ0n) is 12.7. The number of hydrogen-bond donors (Lipinski definition) is 2. The molecular formula is C18H15N2O4-. The molecule has 2 amide bonds. The number of nitrogens with one attached hydrogen (secondary N) is 2. The lowest BCUT2D eigenvalue weighted by atomic mass is 10.1. The fourth-order valence-electron chi connectivity index (χ4n) is 1.98. The number of carbonyl (C=O) groups excluding carboxylic acids is 3. The number of hydrogen-bond acceptors (Lipinski definition) is 4. The molecule has 0 radical (unpaired) electrons. The third-order valence-corrected chi connectivity index (χ3v) is 3.10. The summed E-state index contributed by atoms with van der Waals surface area (Å²) in [4.78, 5) is 34.3. The summed E-state index contributed by atoms with van der Waals surface area (Å²) in [5, 5.41) is 15.5. The summed E-state index contributed by atoms with van der Waals surface area (Å²) in [6.45, 7) is 0.354. The second kappa shape index (κ2) is 8.28. The highest BCUT2D eigenvalue weighted by atomic mass is 16.4. The summed E-state index contributed by atoms with van der Waals surface area (Å²) in [6, 6.07) is 15.9. The van der Waals surface area contributed by atoms with E-state index < -0.39 is 11.9 Å². The van der Waals surface area contributed by atoms with Crippen molar-refractivity contribution in [3.63, 3.8) is 0 Å². The quantitative estimate of drug-likeness (QED) is 0.770. The van der Waals surface area contributed by atoms with Gasteiger partial charge in [-0.3, -0.25) is 9.59 Å². The van der Waals surface area contributed by atoms with Gasteiger partial charge in [0.2, 0.25) is 5.91 Å². The Morgan fingerprint density at radius 1 is 0.917 bits per heavy atom. The van der Waals surface area contributed by atoms with Crippen LogP contribution in [0.15, 0.2) is 66.7 Å². The molecule has 6 heteroatoms. The maximum atomic E-state index is 12.3. The van der Waals surface area contributed by atoms with Gasteiger partial charge in [-0.25, -0.2) is 0 Å². The fraction of sp³-hybridized carbons (Fsp3) is 0.0556. The van der Waals surface area contributed by atoms with E-state index in [2.05, 4.69) is 10.6 Å². The van der Waals surface area contributed by atoms with Crippen molar-refractivity contribution in [2.75, 3.05) is 5.32 Å². The van der Waals surface area contributed by atoms with Crippen LogP contribution >= 0.6 is 0 Å². The minimum Gasteiger partial charge on any atom is -0.545 e. The third-order valence-electron chi connectivity index (χ3n) is 3.10. The first-order valence-electron chi connectivity index (χ1n) is 7.17. The molecular weight excluding hydrogens is 308 g/mol. The van der Waals surface area contributed by atoms with Gasteiger partial charge in [0.05, 0.1) is 17.2 Å². The molecule has 0 atom stereocenters. The molecule has 6 nitrogen and oxygen atoms in total. The van der Waals surface area contributed by atoms with Crippen LogP contribution in [0.3, 0.4) is 0 Å². The van der Waals surface area contributed by atoms with E-state index in [9.17, 15) is 19.5 Å². The number of rotatable bonds is 6. The molecule has 0 aliphatic heterocycles. The Morgan fingerprint density at radius 3 is 2.29 bits per heavy atom. The molecule has 0 bridgehead atoms. The average Bonchev–Trinajstić information content (AvgIpc) is 2.59. The van der Waals surface area contributed by atoms with E-state index in [0.29, 0.717) is 12.6 Å². The maximum absolute atomic E-state index is 12.3. The minimum atomic E-state index is -1.47. The maximum Gasteiger partial charge on any atom is 0.253 e. The first-order valence-corrected chi connectivity index (χ1v) is 7.17. The van der Waals surface area contributed by atoms with Gasteiger partial charge < -0.3 is 20.5 Å². The van der Waals surface area contributed by atoms with E-state index in [0.717, 1.165) is 11.6 Å².